The van der Waals surface area contributed by atoms with Gasteiger partial charge in [0, 0.05) is 19.0 Å². The monoisotopic (exact) mass is 308 g/mol. The lowest BCUT2D eigenvalue weighted by Crippen LogP contribution is -2.32. The normalized spacial score (nSPS) is 11.3. The van der Waals surface area contributed by atoms with Crippen molar-refractivity contribution in [2.75, 3.05) is 24.7 Å². The Bertz CT molecular complexity index is 774. The van der Waals surface area contributed by atoms with E-state index in [1.165, 1.54) is 0 Å². The molecule has 0 saturated carbocycles. The average Bonchev–Trinajstić information content (AvgIpc) is 2.44. The van der Waals surface area contributed by atoms with Crippen LogP contribution < -0.4 is 15.8 Å². The zero-order chi connectivity index (χ0) is 15.5. The molecule has 2 aromatic rings. The summed E-state index contributed by atoms with van der Waals surface area (Å²) in [6.07, 6.45) is 0. The van der Waals surface area contributed by atoms with Gasteiger partial charge >= 0.3 is 0 Å². The summed E-state index contributed by atoms with van der Waals surface area (Å²) in [5.41, 5.74) is 0.215. The SMILES string of the molecule is CNc1nc(C(=O)NCCS(N)(=O)=O)cc2ccccc12. The highest BCUT2D eigenvalue weighted by molar-refractivity contribution is 7.89. The Kier molecular flexibility index (Phi) is 4.39. The third kappa shape index (κ3) is 3.89. The van der Waals surface area contributed by atoms with Crippen LogP contribution in [0.15, 0.2) is 30.3 Å². The largest absolute Gasteiger partial charge is 0.373 e. The van der Waals surface area contributed by atoms with Crippen LogP contribution in [0.25, 0.3) is 10.8 Å². The number of sulfonamides is 1. The van der Waals surface area contributed by atoms with E-state index in [0.29, 0.717) is 5.82 Å². The lowest BCUT2D eigenvalue weighted by molar-refractivity contribution is 0.0951. The number of amides is 1. The molecule has 7 nitrogen and oxygen atoms in total. The lowest BCUT2D eigenvalue weighted by atomic mass is 10.1. The molecule has 0 unspecified atom stereocenters. The van der Waals surface area contributed by atoms with Gasteiger partial charge in [-0.2, -0.15) is 0 Å². The van der Waals surface area contributed by atoms with Crippen LogP contribution >= 0.6 is 0 Å². The van der Waals surface area contributed by atoms with Gasteiger partial charge in [0.1, 0.15) is 11.5 Å². The molecule has 1 heterocycles. The van der Waals surface area contributed by atoms with Gasteiger partial charge in [-0.05, 0) is 11.5 Å². The molecule has 0 aliphatic carbocycles. The Hall–Kier alpha value is -2.19. The quantitative estimate of drug-likeness (QED) is 0.735. The van der Waals surface area contributed by atoms with Gasteiger partial charge in [0.2, 0.25) is 10.0 Å². The maximum atomic E-state index is 12.0. The number of carbonyl (C=O) groups excluding carboxylic acids is 1. The first-order chi connectivity index (χ1) is 9.90. The maximum absolute atomic E-state index is 12.0. The van der Waals surface area contributed by atoms with Crippen LogP contribution in [0, 0.1) is 0 Å². The number of carbonyl (C=O) groups is 1. The van der Waals surface area contributed by atoms with E-state index in [1.54, 1.807) is 13.1 Å². The van der Waals surface area contributed by atoms with Crippen LogP contribution in [0.3, 0.4) is 0 Å². The first-order valence-corrected chi connectivity index (χ1v) is 7.98. The number of benzene rings is 1. The third-order valence-corrected chi connectivity index (χ3v) is 3.66. The minimum atomic E-state index is -3.60. The summed E-state index contributed by atoms with van der Waals surface area (Å²) in [5.74, 6) is -0.170. The zero-order valence-electron chi connectivity index (χ0n) is 11.5. The zero-order valence-corrected chi connectivity index (χ0v) is 12.3. The van der Waals surface area contributed by atoms with E-state index in [9.17, 15) is 13.2 Å². The maximum Gasteiger partial charge on any atom is 0.270 e. The fourth-order valence-corrected chi connectivity index (χ4v) is 2.29. The van der Waals surface area contributed by atoms with E-state index in [0.717, 1.165) is 10.8 Å². The highest BCUT2D eigenvalue weighted by Crippen LogP contribution is 2.21. The summed E-state index contributed by atoms with van der Waals surface area (Å²) in [5, 5.41) is 12.1. The van der Waals surface area contributed by atoms with Crippen molar-refractivity contribution in [3.05, 3.63) is 36.0 Å². The lowest BCUT2D eigenvalue weighted by Gasteiger charge is -2.09. The van der Waals surface area contributed by atoms with E-state index in [-0.39, 0.29) is 18.0 Å². The Morgan fingerprint density at radius 1 is 1.33 bits per heavy atom. The molecular weight excluding hydrogens is 292 g/mol. The minimum Gasteiger partial charge on any atom is -0.373 e. The number of primary sulfonamides is 1. The Labute approximate surface area is 122 Å². The molecular formula is C13H16N4O3S. The van der Waals surface area contributed by atoms with Gasteiger partial charge < -0.3 is 10.6 Å². The molecule has 21 heavy (non-hydrogen) atoms. The minimum absolute atomic E-state index is 0.0545. The van der Waals surface area contributed by atoms with Crippen LogP contribution in [0.2, 0.25) is 0 Å². The van der Waals surface area contributed by atoms with E-state index >= 15 is 0 Å². The van der Waals surface area contributed by atoms with Crippen LogP contribution in [-0.4, -0.2) is 38.7 Å². The number of hydrogen-bond acceptors (Lipinski definition) is 5. The fourth-order valence-electron chi connectivity index (χ4n) is 1.90. The molecule has 0 aliphatic rings. The highest BCUT2D eigenvalue weighted by Gasteiger charge is 2.12. The van der Waals surface area contributed by atoms with Gasteiger partial charge in [0.05, 0.1) is 5.75 Å². The third-order valence-electron chi connectivity index (χ3n) is 2.88. The first-order valence-electron chi connectivity index (χ1n) is 6.27. The van der Waals surface area contributed by atoms with Crippen molar-refractivity contribution in [1.82, 2.24) is 10.3 Å². The van der Waals surface area contributed by atoms with E-state index < -0.39 is 15.9 Å². The number of nitrogens with one attached hydrogen (secondary N) is 2. The Morgan fingerprint density at radius 3 is 2.71 bits per heavy atom. The summed E-state index contributed by atoms with van der Waals surface area (Å²) in [6.45, 7) is -0.0545. The molecule has 2 rings (SSSR count). The summed E-state index contributed by atoms with van der Waals surface area (Å²) < 4.78 is 21.7. The van der Waals surface area contributed by atoms with Gasteiger partial charge in [0.25, 0.3) is 5.91 Å². The number of pyridine rings is 1. The van der Waals surface area contributed by atoms with Crippen molar-refractivity contribution in [3.63, 3.8) is 0 Å². The predicted molar refractivity (Wildman–Crippen MR) is 81.6 cm³/mol. The number of rotatable bonds is 5. The van der Waals surface area contributed by atoms with E-state index in [2.05, 4.69) is 15.6 Å². The molecule has 0 radical (unpaired) electrons. The molecule has 0 fully saturated rings. The van der Waals surface area contributed by atoms with Crippen LogP contribution in [0.4, 0.5) is 5.82 Å². The topological polar surface area (TPSA) is 114 Å². The van der Waals surface area contributed by atoms with Gasteiger partial charge in [-0.25, -0.2) is 18.5 Å². The molecule has 0 aliphatic heterocycles. The van der Waals surface area contributed by atoms with Crippen molar-refractivity contribution in [2.45, 2.75) is 0 Å². The Morgan fingerprint density at radius 2 is 2.05 bits per heavy atom. The molecule has 1 amide bonds. The van der Waals surface area contributed by atoms with Crippen LogP contribution in [0.1, 0.15) is 10.5 Å². The standard InChI is InChI=1S/C13H16N4O3S/c1-15-12-10-5-3-2-4-9(10)8-11(17-12)13(18)16-6-7-21(14,19)20/h2-5,8H,6-7H2,1H3,(H,15,17)(H,16,18)(H2,14,19,20). The number of anilines is 1. The molecule has 112 valence electrons. The predicted octanol–water partition coefficient (Wildman–Crippen LogP) is 0.295. The summed E-state index contributed by atoms with van der Waals surface area (Å²) in [7, 11) is -1.88. The fraction of sp³-hybridized carbons (Fsp3) is 0.231. The smallest absolute Gasteiger partial charge is 0.270 e. The molecule has 0 bridgehead atoms. The first kappa shape index (κ1) is 15.2. The van der Waals surface area contributed by atoms with E-state index in [4.69, 9.17) is 5.14 Å². The number of nitrogens with two attached hydrogens (primary N) is 1. The van der Waals surface area contributed by atoms with E-state index in [1.807, 2.05) is 24.3 Å². The highest BCUT2D eigenvalue weighted by atomic mass is 32.2. The van der Waals surface area contributed by atoms with Crippen molar-refractivity contribution in [2.24, 2.45) is 5.14 Å². The van der Waals surface area contributed by atoms with Crippen molar-refractivity contribution >= 4 is 32.5 Å². The van der Waals surface area contributed by atoms with Gasteiger partial charge in [-0.1, -0.05) is 24.3 Å². The second kappa shape index (κ2) is 6.06. The molecule has 1 aromatic carbocycles. The second-order valence-electron chi connectivity index (χ2n) is 4.45. The van der Waals surface area contributed by atoms with Crippen LogP contribution in [0.5, 0.6) is 0 Å². The average molecular weight is 308 g/mol. The molecule has 0 saturated heterocycles. The van der Waals surface area contributed by atoms with Crippen LogP contribution in [-0.2, 0) is 10.0 Å². The van der Waals surface area contributed by atoms with Crippen molar-refractivity contribution < 1.29 is 13.2 Å². The molecule has 8 heteroatoms. The molecule has 1 aromatic heterocycles. The summed E-state index contributed by atoms with van der Waals surface area (Å²) in [4.78, 5) is 16.2. The van der Waals surface area contributed by atoms with Gasteiger partial charge in [-0.3, -0.25) is 4.79 Å². The van der Waals surface area contributed by atoms with Gasteiger partial charge in [-0.15, -0.1) is 0 Å². The van der Waals surface area contributed by atoms with Gasteiger partial charge in [0.15, 0.2) is 0 Å². The molecule has 4 N–H and O–H groups in total. The summed E-state index contributed by atoms with van der Waals surface area (Å²) in [6, 6.07) is 9.18. The number of hydrogen-bond donors (Lipinski definition) is 3. The number of nitrogens with zero attached hydrogens (tertiary/aromatic N) is 1. The molecule has 0 spiro atoms. The van der Waals surface area contributed by atoms with Crippen molar-refractivity contribution in [1.29, 1.82) is 0 Å². The summed E-state index contributed by atoms with van der Waals surface area (Å²) >= 11 is 0. The molecule has 0 atom stereocenters. The van der Waals surface area contributed by atoms with Crippen molar-refractivity contribution in [3.8, 4) is 0 Å². The Balaban J connectivity index is 2.23. The second-order valence-corrected chi connectivity index (χ2v) is 6.18. The number of fused-ring (bicyclic) bond motifs is 1. The number of aromatic nitrogens is 1.